The van der Waals surface area contributed by atoms with E-state index in [1.54, 1.807) is 54.6 Å². The highest BCUT2D eigenvalue weighted by atomic mass is 16.6. The van der Waals surface area contributed by atoms with E-state index in [1.807, 2.05) is 19.1 Å². The number of nitrogens with one attached hydrogen (secondary N) is 1. The molecule has 3 aromatic carbocycles. The molecule has 0 saturated carbocycles. The van der Waals surface area contributed by atoms with Crippen LogP contribution in [0.2, 0.25) is 0 Å². The van der Waals surface area contributed by atoms with Gasteiger partial charge in [-0.05, 0) is 42.3 Å². The number of alkyl carbamates (subject to hydrolysis) is 1. The first-order valence-electron chi connectivity index (χ1n) is 10.5. The number of rotatable bonds is 8. The van der Waals surface area contributed by atoms with Gasteiger partial charge in [0.1, 0.15) is 11.9 Å². The molecule has 0 aromatic heterocycles. The summed E-state index contributed by atoms with van der Waals surface area (Å²) in [5.41, 5.74) is 1.01. The Bertz CT molecular complexity index is 1170. The Morgan fingerprint density at radius 1 is 0.970 bits per heavy atom. The van der Waals surface area contributed by atoms with Gasteiger partial charge in [-0.15, -0.1) is 0 Å². The number of hydrogen-bond acceptors (Lipinski definition) is 5. The number of hydrogen-bond donors (Lipinski definition) is 3. The van der Waals surface area contributed by atoms with Crippen LogP contribution >= 0.6 is 0 Å². The van der Waals surface area contributed by atoms with Crippen molar-refractivity contribution in [1.29, 1.82) is 0 Å². The number of phenols is 1. The fraction of sp³-hybridized carbons (Fsp3) is 0.192. The highest BCUT2D eigenvalue weighted by Crippen LogP contribution is 2.37. The second-order valence-electron chi connectivity index (χ2n) is 7.66. The normalized spacial score (nSPS) is 12.9. The minimum Gasteiger partial charge on any atom is -0.507 e. The van der Waals surface area contributed by atoms with Crippen LogP contribution in [0.15, 0.2) is 78.9 Å². The largest absolute Gasteiger partial charge is 0.507 e. The van der Waals surface area contributed by atoms with Crippen molar-refractivity contribution in [2.45, 2.75) is 25.9 Å². The van der Waals surface area contributed by atoms with Gasteiger partial charge in [-0.1, -0.05) is 61.5 Å². The van der Waals surface area contributed by atoms with Gasteiger partial charge in [-0.3, -0.25) is 10.1 Å². The van der Waals surface area contributed by atoms with Gasteiger partial charge in [-0.25, -0.2) is 9.59 Å². The van der Waals surface area contributed by atoms with Crippen LogP contribution in [0, 0.1) is 5.92 Å². The highest BCUT2D eigenvalue weighted by Gasteiger charge is 2.26. The van der Waals surface area contributed by atoms with Crippen LogP contribution in [0.25, 0.3) is 10.8 Å². The quantitative estimate of drug-likeness (QED) is 0.409. The van der Waals surface area contributed by atoms with Crippen LogP contribution in [0.1, 0.15) is 41.8 Å². The monoisotopic (exact) mass is 447 g/mol. The number of carboxylic acids is 1. The summed E-state index contributed by atoms with van der Waals surface area (Å²) in [6.07, 6.45) is 1.99. The van der Waals surface area contributed by atoms with Crippen molar-refractivity contribution in [3.8, 4) is 5.75 Å². The summed E-state index contributed by atoms with van der Waals surface area (Å²) in [5, 5.41) is 22.6. The standard InChI is InChI=1S/C26H25NO6/c1-17(9-5-8-14-23(29)30)24(21-15-16-22(28)20-13-7-6-12-19(20)21)33-26(32)27-25(31)18-10-3-2-4-11-18/h2-4,6-8,10-17,24,28H,5,9H2,1H3,(H,29,30)(H,27,31,32)/b14-8+/t17-,24+/m0/s1. The third kappa shape index (κ3) is 6.20. The summed E-state index contributed by atoms with van der Waals surface area (Å²) in [6.45, 7) is 1.88. The number of imide groups is 1. The van der Waals surface area contributed by atoms with Crippen LogP contribution in [-0.2, 0) is 9.53 Å². The topological polar surface area (TPSA) is 113 Å². The Hall–Kier alpha value is -4.13. The lowest BCUT2D eigenvalue weighted by Gasteiger charge is -2.26. The number of carboxylic acid groups (broad SMARTS) is 1. The molecule has 0 heterocycles. The molecular formula is C26H25NO6. The van der Waals surface area contributed by atoms with Gasteiger partial charge >= 0.3 is 12.1 Å². The zero-order chi connectivity index (χ0) is 23.8. The Morgan fingerprint density at radius 3 is 2.33 bits per heavy atom. The molecule has 0 bridgehead atoms. The molecule has 0 aliphatic rings. The first-order chi connectivity index (χ1) is 15.9. The van der Waals surface area contributed by atoms with E-state index < -0.39 is 24.1 Å². The Kier molecular flexibility index (Phi) is 7.81. The number of aromatic hydroxyl groups is 1. The van der Waals surface area contributed by atoms with E-state index in [0.29, 0.717) is 29.4 Å². The average Bonchev–Trinajstić information content (AvgIpc) is 2.81. The number of phenolic OH excluding ortho intramolecular Hbond substituents is 1. The Balaban J connectivity index is 1.86. The summed E-state index contributed by atoms with van der Waals surface area (Å²) in [7, 11) is 0. The lowest BCUT2D eigenvalue weighted by atomic mass is 9.89. The molecule has 0 aliphatic heterocycles. The molecule has 0 spiro atoms. The van der Waals surface area contributed by atoms with E-state index >= 15 is 0 Å². The van der Waals surface area contributed by atoms with Crippen molar-refractivity contribution in [2.24, 2.45) is 5.92 Å². The predicted octanol–water partition coefficient (Wildman–Crippen LogP) is 5.21. The molecule has 3 N–H and O–H groups in total. The zero-order valence-electron chi connectivity index (χ0n) is 18.1. The molecule has 0 unspecified atom stereocenters. The third-order valence-electron chi connectivity index (χ3n) is 5.29. The van der Waals surface area contributed by atoms with Crippen LogP contribution < -0.4 is 5.32 Å². The van der Waals surface area contributed by atoms with Gasteiger partial charge in [-0.2, -0.15) is 0 Å². The zero-order valence-corrected chi connectivity index (χ0v) is 18.1. The number of aliphatic carboxylic acids is 1. The first-order valence-corrected chi connectivity index (χ1v) is 10.5. The fourth-order valence-corrected chi connectivity index (χ4v) is 3.63. The molecule has 0 aliphatic carbocycles. The molecule has 33 heavy (non-hydrogen) atoms. The SMILES string of the molecule is C[C@@H](CC/C=C/C(=O)O)[C@@H](OC(=O)NC(=O)c1ccccc1)c1ccc(O)c2ccccc12. The van der Waals surface area contributed by atoms with Gasteiger partial charge in [0.05, 0.1) is 0 Å². The summed E-state index contributed by atoms with van der Waals surface area (Å²) in [5.74, 6) is -1.71. The maximum Gasteiger partial charge on any atom is 0.414 e. The first kappa shape index (κ1) is 23.5. The Labute approximate surface area is 191 Å². The van der Waals surface area contributed by atoms with E-state index in [2.05, 4.69) is 5.32 Å². The van der Waals surface area contributed by atoms with Crippen LogP contribution in [0.3, 0.4) is 0 Å². The van der Waals surface area contributed by atoms with Gasteiger partial charge < -0.3 is 14.9 Å². The lowest BCUT2D eigenvalue weighted by Crippen LogP contribution is -2.33. The predicted molar refractivity (Wildman–Crippen MR) is 124 cm³/mol. The number of allylic oxidation sites excluding steroid dienone is 1. The van der Waals surface area contributed by atoms with Crippen LogP contribution in [0.5, 0.6) is 5.75 Å². The molecule has 7 heteroatoms. The van der Waals surface area contributed by atoms with Crippen molar-refractivity contribution in [3.63, 3.8) is 0 Å². The van der Waals surface area contributed by atoms with Crippen molar-refractivity contribution in [2.75, 3.05) is 0 Å². The van der Waals surface area contributed by atoms with E-state index in [-0.39, 0.29) is 11.7 Å². The summed E-state index contributed by atoms with van der Waals surface area (Å²) >= 11 is 0. The molecule has 2 atom stereocenters. The van der Waals surface area contributed by atoms with Crippen molar-refractivity contribution in [3.05, 3.63) is 90.0 Å². The highest BCUT2D eigenvalue weighted by molar-refractivity contribution is 6.03. The van der Waals surface area contributed by atoms with Crippen LogP contribution in [0.4, 0.5) is 4.79 Å². The van der Waals surface area contributed by atoms with Crippen molar-refractivity contribution in [1.82, 2.24) is 5.32 Å². The second-order valence-corrected chi connectivity index (χ2v) is 7.66. The molecule has 0 radical (unpaired) electrons. The number of benzene rings is 3. The number of amides is 2. The van der Waals surface area contributed by atoms with Gasteiger partial charge in [0.25, 0.3) is 5.91 Å². The van der Waals surface area contributed by atoms with E-state index in [4.69, 9.17) is 9.84 Å². The lowest BCUT2D eigenvalue weighted by molar-refractivity contribution is -0.131. The third-order valence-corrected chi connectivity index (χ3v) is 5.29. The maximum absolute atomic E-state index is 12.6. The minimum absolute atomic E-state index is 0.105. The molecular weight excluding hydrogens is 422 g/mol. The molecule has 0 saturated heterocycles. The summed E-state index contributed by atoms with van der Waals surface area (Å²) in [6, 6.07) is 18.8. The average molecular weight is 447 g/mol. The smallest absolute Gasteiger partial charge is 0.414 e. The van der Waals surface area contributed by atoms with E-state index in [9.17, 15) is 19.5 Å². The molecule has 7 nitrogen and oxygen atoms in total. The van der Waals surface area contributed by atoms with Crippen molar-refractivity contribution >= 4 is 28.7 Å². The van der Waals surface area contributed by atoms with Gasteiger partial charge in [0, 0.05) is 22.6 Å². The second kappa shape index (κ2) is 10.9. The number of ether oxygens (including phenoxy) is 1. The van der Waals surface area contributed by atoms with Crippen molar-refractivity contribution < 1.29 is 29.3 Å². The molecule has 0 fully saturated rings. The van der Waals surface area contributed by atoms with Gasteiger partial charge in [0.2, 0.25) is 0 Å². The summed E-state index contributed by atoms with van der Waals surface area (Å²) in [4.78, 5) is 35.7. The minimum atomic E-state index is -1.03. The summed E-state index contributed by atoms with van der Waals surface area (Å²) < 4.78 is 5.72. The molecule has 170 valence electrons. The van der Waals surface area contributed by atoms with Crippen LogP contribution in [-0.4, -0.2) is 28.2 Å². The maximum atomic E-state index is 12.6. The molecule has 2 amide bonds. The van der Waals surface area contributed by atoms with E-state index in [0.717, 1.165) is 11.5 Å². The molecule has 3 aromatic rings. The van der Waals surface area contributed by atoms with Gasteiger partial charge in [0.15, 0.2) is 0 Å². The number of carbonyl (C=O) groups excluding carboxylic acids is 2. The van der Waals surface area contributed by atoms with E-state index in [1.165, 1.54) is 6.07 Å². The fourth-order valence-electron chi connectivity index (χ4n) is 3.63. The Morgan fingerprint density at radius 2 is 1.64 bits per heavy atom. The number of carbonyl (C=O) groups is 3. The molecule has 3 rings (SSSR count). The number of fused-ring (bicyclic) bond motifs is 1.